The first-order valence-electron chi connectivity index (χ1n) is 9.35. The van der Waals surface area contributed by atoms with E-state index in [1.165, 1.54) is 0 Å². The summed E-state index contributed by atoms with van der Waals surface area (Å²) in [5.74, 6) is 1.61. The van der Waals surface area contributed by atoms with Crippen molar-refractivity contribution in [3.63, 3.8) is 0 Å². The molecule has 0 saturated carbocycles. The number of hydrogen-bond donors (Lipinski definition) is 1. The van der Waals surface area contributed by atoms with Gasteiger partial charge in [0.25, 0.3) is 0 Å². The van der Waals surface area contributed by atoms with E-state index in [0.717, 1.165) is 61.5 Å². The number of rotatable bonds is 5. The Morgan fingerprint density at radius 1 is 0.769 bits per heavy atom. The number of methoxy groups -OCH3 is 2. The third kappa shape index (κ3) is 2.60. The maximum Gasteiger partial charge on any atom is 0.120 e. The maximum absolute atomic E-state index is 12.3. The zero-order valence-electron chi connectivity index (χ0n) is 15.6. The van der Waals surface area contributed by atoms with E-state index in [4.69, 9.17) is 9.47 Å². The van der Waals surface area contributed by atoms with Gasteiger partial charge in [0.1, 0.15) is 17.1 Å². The zero-order chi connectivity index (χ0) is 18.2. The number of benzene rings is 2. The van der Waals surface area contributed by atoms with E-state index in [0.29, 0.717) is 0 Å². The van der Waals surface area contributed by atoms with Crippen molar-refractivity contribution in [1.82, 2.24) is 4.90 Å². The predicted octanol–water partition coefficient (Wildman–Crippen LogP) is 3.43. The van der Waals surface area contributed by atoms with Gasteiger partial charge in [-0.05, 0) is 74.3 Å². The monoisotopic (exact) mass is 353 g/mol. The first kappa shape index (κ1) is 17.4. The van der Waals surface area contributed by atoms with Crippen LogP contribution in [0.4, 0.5) is 0 Å². The quantitative estimate of drug-likeness (QED) is 0.894. The van der Waals surface area contributed by atoms with Crippen LogP contribution >= 0.6 is 0 Å². The normalized spacial score (nSPS) is 25.1. The van der Waals surface area contributed by atoms with Crippen LogP contribution in [0, 0.1) is 5.41 Å². The molecule has 3 aliphatic heterocycles. The van der Waals surface area contributed by atoms with Gasteiger partial charge in [-0.3, -0.25) is 0 Å². The Balaban J connectivity index is 1.84. The summed E-state index contributed by atoms with van der Waals surface area (Å²) in [5, 5.41) is 12.3. The van der Waals surface area contributed by atoms with Gasteiger partial charge in [-0.25, -0.2) is 0 Å². The van der Waals surface area contributed by atoms with E-state index in [1.54, 1.807) is 14.2 Å². The molecule has 3 fully saturated rings. The molecule has 0 spiro atoms. The van der Waals surface area contributed by atoms with E-state index in [2.05, 4.69) is 4.90 Å². The lowest BCUT2D eigenvalue weighted by Gasteiger charge is -2.56. The minimum absolute atomic E-state index is 0.134. The molecule has 0 amide bonds. The van der Waals surface area contributed by atoms with E-state index in [-0.39, 0.29) is 5.41 Å². The van der Waals surface area contributed by atoms with E-state index < -0.39 is 5.60 Å². The molecule has 0 unspecified atom stereocenters. The van der Waals surface area contributed by atoms with E-state index >= 15 is 0 Å². The van der Waals surface area contributed by atoms with Crippen molar-refractivity contribution in [1.29, 1.82) is 0 Å². The van der Waals surface area contributed by atoms with Crippen LogP contribution < -0.4 is 9.47 Å². The Hall–Kier alpha value is -2.04. The third-order valence-electron chi connectivity index (χ3n) is 6.50. The molecule has 26 heavy (non-hydrogen) atoms. The van der Waals surface area contributed by atoms with Crippen molar-refractivity contribution in [2.24, 2.45) is 5.41 Å². The highest BCUT2D eigenvalue weighted by Gasteiger charge is 2.55. The van der Waals surface area contributed by atoms with Gasteiger partial charge in [-0.15, -0.1) is 0 Å². The van der Waals surface area contributed by atoms with Crippen LogP contribution in [-0.4, -0.2) is 43.9 Å². The highest BCUT2D eigenvalue weighted by atomic mass is 16.5. The summed E-state index contributed by atoms with van der Waals surface area (Å²) in [5.41, 5.74) is 0.737. The molecule has 1 N–H and O–H groups in total. The predicted molar refractivity (Wildman–Crippen MR) is 102 cm³/mol. The second-order valence-corrected chi connectivity index (χ2v) is 7.54. The Morgan fingerprint density at radius 2 is 1.15 bits per heavy atom. The minimum Gasteiger partial charge on any atom is -0.497 e. The SMILES string of the molecule is COc1ccc(C(O)(c2ccc(OC)cc2)C23CCN(CC2)CC3)cc1. The van der Waals surface area contributed by atoms with Crippen LogP contribution in [-0.2, 0) is 5.60 Å². The van der Waals surface area contributed by atoms with E-state index in [1.807, 2.05) is 48.5 Å². The summed E-state index contributed by atoms with van der Waals surface area (Å²) in [6.45, 7) is 3.19. The fourth-order valence-electron chi connectivity index (χ4n) is 4.81. The fraction of sp³-hybridized carbons (Fsp3) is 0.455. The molecule has 4 heteroatoms. The maximum atomic E-state index is 12.3. The number of aliphatic hydroxyl groups is 1. The molecule has 2 aromatic carbocycles. The molecule has 0 aliphatic carbocycles. The third-order valence-corrected chi connectivity index (χ3v) is 6.50. The lowest BCUT2D eigenvalue weighted by Crippen LogP contribution is -2.58. The Labute approximate surface area is 155 Å². The summed E-state index contributed by atoms with van der Waals surface area (Å²) < 4.78 is 10.6. The summed E-state index contributed by atoms with van der Waals surface area (Å²) in [7, 11) is 3.33. The molecular weight excluding hydrogens is 326 g/mol. The summed E-state index contributed by atoms with van der Waals surface area (Å²) in [6, 6.07) is 15.8. The van der Waals surface area contributed by atoms with Crippen LogP contribution in [0.5, 0.6) is 11.5 Å². The average molecular weight is 353 g/mol. The molecule has 0 atom stereocenters. The van der Waals surface area contributed by atoms with Crippen LogP contribution in [0.3, 0.4) is 0 Å². The molecule has 5 rings (SSSR count). The second-order valence-electron chi connectivity index (χ2n) is 7.54. The number of nitrogens with zero attached hydrogens (tertiary/aromatic N) is 1. The van der Waals surface area contributed by atoms with Gasteiger partial charge >= 0.3 is 0 Å². The second kappa shape index (κ2) is 6.60. The molecule has 3 saturated heterocycles. The minimum atomic E-state index is -1.02. The fourth-order valence-corrected chi connectivity index (χ4v) is 4.81. The standard InChI is InChI=1S/C22H27NO3/c1-25-19-7-3-17(4-8-19)22(24,18-5-9-20(26-2)10-6-18)21-11-14-23(15-12-21)16-13-21/h3-10,24H,11-16H2,1-2H3. The number of piperidine rings is 3. The molecule has 2 aromatic rings. The van der Waals surface area contributed by atoms with Gasteiger partial charge in [0.05, 0.1) is 14.2 Å². The molecule has 3 heterocycles. The van der Waals surface area contributed by atoms with Crippen LogP contribution in [0.2, 0.25) is 0 Å². The van der Waals surface area contributed by atoms with Crippen molar-refractivity contribution >= 4 is 0 Å². The molecule has 2 bridgehead atoms. The van der Waals surface area contributed by atoms with Crippen molar-refractivity contribution in [2.75, 3.05) is 33.9 Å². The molecular formula is C22H27NO3. The molecule has 0 aromatic heterocycles. The lowest BCUT2D eigenvalue weighted by molar-refractivity contribution is -0.125. The van der Waals surface area contributed by atoms with Gasteiger partial charge < -0.3 is 19.5 Å². The largest absolute Gasteiger partial charge is 0.497 e. The smallest absolute Gasteiger partial charge is 0.120 e. The number of ether oxygens (including phenoxy) is 2. The highest BCUT2D eigenvalue weighted by molar-refractivity contribution is 5.43. The summed E-state index contributed by atoms with van der Waals surface area (Å²) >= 11 is 0. The van der Waals surface area contributed by atoms with Gasteiger partial charge in [0, 0.05) is 5.41 Å². The van der Waals surface area contributed by atoms with Crippen molar-refractivity contribution < 1.29 is 14.6 Å². The van der Waals surface area contributed by atoms with Crippen molar-refractivity contribution in [2.45, 2.75) is 24.9 Å². The van der Waals surface area contributed by atoms with Crippen molar-refractivity contribution in [3.8, 4) is 11.5 Å². The first-order valence-corrected chi connectivity index (χ1v) is 9.35. The lowest BCUT2D eigenvalue weighted by atomic mass is 9.57. The van der Waals surface area contributed by atoms with E-state index in [9.17, 15) is 5.11 Å². The zero-order valence-corrected chi connectivity index (χ0v) is 15.6. The Morgan fingerprint density at radius 3 is 1.50 bits per heavy atom. The topological polar surface area (TPSA) is 41.9 Å². The van der Waals surface area contributed by atoms with Gasteiger partial charge in [-0.1, -0.05) is 24.3 Å². The van der Waals surface area contributed by atoms with Gasteiger partial charge in [0.2, 0.25) is 0 Å². The van der Waals surface area contributed by atoms with Gasteiger partial charge in [-0.2, -0.15) is 0 Å². The molecule has 138 valence electrons. The van der Waals surface area contributed by atoms with Crippen LogP contribution in [0.15, 0.2) is 48.5 Å². The van der Waals surface area contributed by atoms with Gasteiger partial charge in [0.15, 0.2) is 0 Å². The number of hydrogen-bond acceptors (Lipinski definition) is 4. The molecule has 0 radical (unpaired) electrons. The number of fused-ring (bicyclic) bond motifs is 3. The Bertz CT molecular complexity index is 685. The summed E-state index contributed by atoms with van der Waals surface area (Å²) in [6.07, 6.45) is 3.05. The summed E-state index contributed by atoms with van der Waals surface area (Å²) in [4.78, 5) is 2.50. The first-order chi connectivity index (χ1) is 12.6. The molecule has 4 nitrogen and oxygen atoms in total. The van der Waals surface area contributed by atoms with Crippen LogP contribution in [0.1, 0.15) is 30.4 Å². The van der Waals surface area contributed by atoms with Crippen LogP contribution in [0.25, 0.3) is 0 Å². The average Bonchev–Trinajstić information content (AvgIpc) is 2.74. The Kier molecular flexibility index (Phi) is 4.41. The van der Waals surface area contributed by atoms with Crippen molar-refractivity contribution in [3.05, 3.63) is 59.7 Å². The molecule has 3 aliphatic rings. The highest BCUT2D eigenvalue weighted by Crippen LogP contribution is 2.56.